The van der Waals surface area contributed by atoms with Gasteiger partial charge in [0.25, 0.3) is 0 Å². The van der Waals surface area contributed by atoms with E-state index in [1.807, 2.05) is 36.4 Å². The second-order valence-electron chi connectivity index (χ2n) is 6.01. The smallest absolute Gasteiger partial charge is 0.127 e. The summed E-state index contributed by atoms with van der Waals surface area (Å²) in [4.78, 5) is 2.43. The Morgan fingerprint density at radius 3 is 2.75 bits per heavy atom. The van der Waals surface area contributed by atoms with Crippen LogP contribution in [0.3, 0.4) is 0 Å². The van der Waals surface area contributed by atoms with Crippen LogP contribution in [0, 0.1) is 11.3 Å². The number of ether oxygens (including phenoxy) is 2. The van der Waals surface area contributed by atoms with Gasteiger partial charge in [-0.05, 0) is 37.1 Å². The van der Waals surface area contributed by atoms with Crippen molar-refractivity contribution in [3.63, 3.8) is 0 Å². The monoisotopic (exact) mass is 322 g/mol. The molecule has 1 atom stereocenters. The number of nitrogens with zero attached hydrogens (tertiary/aromatic N) is 2. The molecule has 0 bridgehead atoms. The molecule has 24 heavy (non-hydrogen) atoms. The van der Waals surface area contributed by atoms with Crippen LogP contribution in [0.2, 0.25) is 0 Å². The Balaban J connectivity index is 1.87. The lowest BCUT2D eigenvalue weighted by molar-refractivity contribution is 0.242. The van der Waals surface area contributed by atoms with E-state index in [0.29, 0.717) is 6.04 Å². The molecule has 4 nitrogen and oxygen atoms in total. The number of nitriles is 1. The van der Waals surface area contributed by atoms with Crippen molar-refractivity contribution in [3.8, 4) is 17.6 Å². The third-order valence-electron chi connectivity index (χ3n) is 4.67. The summed E-state index contributed by atoms with van der Waals surface area (Å²) in [5.41, 5.74) is 3.02. The van der Waals surface area contributed by atoms with E-state index in [1.165, 1.54) is 5.56 Å². The van der Waals surface area contributed by atoms with Gasteiger partial charge < -0.3 is 9.47 Å². The Morgan fingerprint density at radius 2 is 2.00 bits per heavy atom. The molecule has 0 spiro atoms. The predicted molar refractivity (Wildman–Crippen MR) is 93.1 cm³/mol. The zero-order chi connectivity index (χ0) is 16.9. The van der Waals surface area contributed by atoms with Gasteiger partial charge in [0.2, 0.25) is 0 Å². The zero-order valence-electron chi connectivity index (χ0n) is 14.2. The van der Waals surface area contributed by atoms with Crippen molar-refractivity contribution >= 4 is 0 Å². The maximum atomic E-state index is 9.31. The van der Waals surface area contributed by atoms with Gasteiger partial charge in [0.05, 0.1) is 25.9 Å². The molecular weight excluding hydrogens is 300 g/mol. The predicted octanol–water partition coefficient (Wildman–Crippen LogP) is 3.91. The molecule has 0 unspecified atom stereocenters. The first-order valence-electron chi connectivity index (χ1n) is 8.20. The van der Waals surface area contributed by atoms with Crippen LogP contribution >= 0.6 is 0 Å². The van der Waals surface area contributed by atoms with Gasteiger partial charge in [-0.25, -0.2) is 0 Å². The Morgan fingerprint density at radius 1 is 1.17 bits per heavy atom. The second-order valence-corrected chi connectivity index (χ2v) is 6.01. The Labute approximate surface area is 143 Å². The van der Waals surface area contributed by atoms with Crippen LogP contribution in [0.1, 0.15) is 35.6 Å². The summed E-state index contributed by atoms with van der Waals surface area (Å²) in [5.74, 6) is 1.66. The largest absolute Gasteiger partial charge is 0.497 e. The van der Waals surface area contributed by atoms with Crippen LogP contribution in [0.5, 0.6) is 11.5 Å². The summed E-state index contributed by atoms with van der Waals surface area (Å²) in [6.45, 7) is 1.81. The molecule has 0 N–H and O–H groups in total. The van der Waals surface area contributed by atoms with Gasteiger partial charge in [0, 0.05) is 24.2 Å². The van der Waals surface area contributed by atoms with Crippen molar-refractivity contribution in [2.45, 2.75) is 25.4 Å². The lowest BCUT2D eigenvalue weighted by Gasteiger charge is -2.26. The molecule has 1 fully saturated rings. The average molecular weight is 322 g/mol. The van der Waals surface area contributed by atoms with Crippen LogP contribution in [0.15, 0.2) is 42.5 Å². The molecule has 1 aliphatic rings. The highest BCUT2D eigenvalue weighted by Crippen LogP contribution is 2.39. The summed E-state index contributed by atoms with van der Waals surface area (Å²) in [7, 11) is 3.36. The third-order valence-corrected chi connectivity index (χ3v) is 4.67. The highest BCUT2D eigenvalue weighted by atomic mass is 16.5. The molecule has 2 aromatic rings. The van der Waals surface area contributed by atoms with E-state index < -0.39 is 0 Å². The summed E-state index contributed by atoms with van der Waals surface area (Å²) in [6.07, 6.45) is 2.24. The maximum absolute atomic E-state index is 9.31. The maximum Gasteiger partial charge on any atom is 0.127 e. The molecule has 0 radical (unpaired) electrons. The molecule has 0 aliphatic carbocycles. The van der Waals surface area contributed by atoms with Gasteiger partial charge >= 0.3 is 0 Å². The van der Waals surface area contributed by atoms with E-state index in [9.17, 15) is 5.26 Å². The lowest BCUT2D eigenvalue weighted by Crippen LogP contribution is -2.23. The zero-order valence-corrected chi connectivity index (χ0v) is 14.2. The highest BCUT2D eigenvalue weighted by molar-refractivity contribution is 5.43. The van der Waals surface area contributed by atoms with Gasteiger partial charge in [0.15, 0.2) is 0 Å². The molecule has 2 aromatic carbocycles. The van der Waals surface area contributed by atoms with Crippen LogP contribution in [-0.2, 0) is 6.54 Å². The fourth-order valence-corrected chi connectivity index (χ4v) is 3.45. The quantitative estimate of drug-likeness (QED) is 0.837. The minimum Gasteiger partial charge on any atom is -0.497 e. The first kappa shape index (κ1) is 16.4. The van der Waals surface area contributed by atoms with Crippen molar-refractivity contribution in [1.82, 2.24) is 4.90 Å². The second kappa shape index (κ2) is 7.37. The number of hydrogen-bond acceptors (Lipinski definition) is 4. The Kier molecular flexibility index (Phi) is 5.02. The summed E-state index contributed by atoms with van der Waals surface area (Å²) in [6, 6.07) is 16.4. The minimum absolute atomic E-state index is 0.303. The fraction of sp³-hybridized carbons (Fsp3) is 0.350. The molecule has 124 valence electrons. The van der Waals surface area contributed by atoms with Crippen molar-refractivity contribution < 1.29 is 9.47 Å². The number of likely N-dealkylation sites (tertiary alicyclic amines) is 1. The molecule has 0 aromatic heterocycles. The SMILES string of the molecule is COc1ccc([C@@H]2CCCN2Cc2ccccc2C#N)c(OC)c1. The van der Waals surface area contributed by atoms with Crippen LogP contribution in [0.25, 0.3) is 0 Å². The van der Waals surface area contributed by atoms with E-state index in [-0.39, 0.29) is 0 Å². The topological polar surface area (TPSA) is 45.5 Å². The van der Waals surface area contributed by atoms with Gasteiger partial charge in [0.1, 0.15) is 11.5 Å². The fourth-order valence-electron chi connectivity index (χ4n) is 3.45. The normalized spacial score (nSPS) is 17.5. The molecule has 1 aliphatic heterocycles. The van der Waals surface area contributed by atoms with Crippen LogP contribution in [-0.4, -0.2) is 25.7 Å². The van der Waals surface area contributed by atoms with Crippen molar-refractivity contribution in [3.05, 3.63) is 59.2 Å². The van der Waals surface area contributed by atoms with Gasteiger partial charge in [-0.15, -0.1) is 0 Å². The standard InChI is InChI=1S/C20H22N2O2/c1-23-17-9-10-18(20(12-17)24-2)19-8-5-11-22(19)14-16-7-4-3-6-15(16)13-21/h3-4,6-7,9-10,12,19H,5,8,11,14H2,1-2H3/t19-/m0/s1. The van der Waals surface area contributed by atoms with E-state index in [0.717, 1.165) is 48.6 Å². The molecule has 0 amide bonds. The van der Waals surface area contributed by atoms with Crippen LogP contribution in [0.4, 0.5) is 0 Å². The van der Waals surface area contributed by atoms with Gasteiger partial charge in [-0.2, -0.15) is 5.26 Å². The number of benzene rings is 2. The summed E-state index contributed by atoms with van der Waals surface area (Å²) in [5, 5.41) is 9.31. The van der Waals surface area contributed by atoms with E-state index in [1.54, 1.807) is 14.2 Å². The lowest BCUT2D eigenvalue weighted by atomic mass is 10.0. The molecular formula is C20H22N2O2. The molecule has 1 saturated heterocycles. The number of hydrogen-bond donors (Lipinski definition) is 0. The molecule has 4 heteroatoms. The van der Waals surface area contributed by atoms with E-state index in [2.05, 4.69) is 17.0 Å². The van der Waals surface area contributed by atoms with Gasteiger partial charge in [-0.3, -0.25) is 4.90 Å². The summed E-state index contributed by atoms with van der Waals surface area (Å²) >= 11 is 0. The molecule has 1 heterocycles. The third kappa shape index (κ3) is 3.22. The van der Waals surface area contributed by atoms with Crippen molar-refractivity contribution in [2.24, 2.45) is 0 Å². The van der Waals surface area contributed by atoms with Crippen molar-refractivity contribution in [1.29, 1.82) is 5.26 Å². The molecule has 3 rings (SSSR count). The molecule has 0 saturated carbocycles. The van der Waals surface area contributed by atoms with Crippen LogP contribution < -0.4 is 9.47 Å². The van der Waals surface area contributed by atoms with E-state index >= 15 is 0 Å². The average Bonchev–Trinajstić information content (AvgIpc) is 3.09. The van der Waals surface area contributed by atoms with Gasteiger partial charge in [-0.1, -0.05) is 24.3 Å². The highest BCUT2D eigenvalue weighted by Gasteiger charge is 2.28. The Hall–Kier alpha value is -2.51. The number of rotatable bonds is 5. The van der Waals surface area contributed by atoms with E-state index in [4.69, 9.17) is 9.47 Å². The Bertz CT molecular complexity index is 752. The first-order chi connectivity index (χ1) is 11.8. The van der Waals surface area contributed by atoms with Crippen molar-refractivity contribution in [2.75, 3.05) is 20.8 Å². The number of methoxy groups -OCH3 is 2. The summed E-state index contributed by atoms with van der Waals surface area (Å²) < 4.78 is 10.9. The first-order valence-corrected chi connectivity index (χ1v) is 8.20. The minimum atomic E-state index is 0.303.